The van der Waals surface area contributed by atoms with E-state index >= 15 is 0 Å². The summed E-state index contributed by atoms with van der Waals surface area (Å²) in [5.74, 6) is 0.787. The minimum Gasteiger partial charge on any atom is -0.489 e. The first kappa shape index (κ1) is 17.8. The molecule has 2 N–H and O–H groups in total. The second kappa shape index (κ2) is 8.92. The molecule has 26 heavy (non-hydrogen) atoms. The van der Waals surface area contributed by atoms with E-state index in [0.717, 1.165) is 22.6 Å². The van der Waals surface area contributed by atoms with Gasteiger partial charge >= 0.3 is 6.03 Å². The first-order valence-electron chi connectivity index (χ1n) is 8.26. The van der Waals surface area contributed by atoms with Gasteiger partial charge in [-0.3, -0.25) is 0 Å². The van der Waals surface area contributed by atoms with Gasteiger partial charge in [0.05, 0.1) is 0 Å². The molecule has 3 aromatic rings. The maximum Gasteiger partial charge on any atom is 0.319 e. The largest absolute Gasteiger partial charge is 0.489 e. The number of carbonyl (C=O) groups is 1. The van der Waals surface area contributed by atoms with Crippen molar-refractivity contribution in [3.8, 4) is 5.75 Å². The lowest BCUT2D eigenvalue weighted by Crippen LogP contribution is -2.28. The topological polar surface area (TPSA) is 50.4 Å². The Morgan fingerprint density at radius 2 is 1.58 bits per heavy atom. The van der Waals surface area contributed by atoms with Crippen LogP contribution >= 0.6 is 11.6 Å². The van der Waals surface area contributed by atoms with Crippen LogP contribution in [0.2, 0.25) is 5.02 Å². The minimum atomic E-state index is -0.271. The predicted molar refractivity (Wildman–Crippen MR) is 105 cm³/mol. The summed E-state index contributed by atoms with van der Waals surface area (Å²) < 4.78 is 5.77. The van der Waals surface area contributed by atoms with Gasteiger partial charge in [-0.2, -0.15) is 0 Å². The van der Waals surface area contributed by atoms with Crippen LogP contribution < -0.4 is 15.4 Å². The summed E-state index contributed by atoms with van der Waals surface area (Å²) in [4.78, 5) is 12.2. The van der Waals surface area contributed by atoms with Crippen LogP contribution in [-0.2, 0) is 13.2 Å². The predicted octanol–water partition coefficient (Wildman–Crippen LogP) is 5.24. The van der Waals surface area contributed by atoms with E-state index in [1.165, 1.54) is 0 Å². The lowest BCUT2D eigenvalue weighted by Gasteiger charge is -2.13. The van der Waals surface area contributed by atoms with E-state index < -0.39 is 0 Å². The number of rotatable bonds is 6. The van der Waals surface area contributed by atoms with E-state index in [9.17, 15) is 4.79 Å². The number of ether oxygens (including phenoxy) is 1. The lowest BCUT2D eigenvalue weighted by atomic mass is 10.2. The third-order valence-electron chi connectivity index (χ3n) is 3.77. The Bertz CT molecular complexity index is 851. The number of benzene rings is 3. The Hall–Kier alpha value is -2.98. The van der Waals surface area contributed by atoms with Crippen molar-refractivity contribution in [1.29, 1.82) is 0 Å². The van der Waals surface area contributed by atoms with Crippen molar-refractivity contribution in [2.45, 2.75) is 13.2 Å². The number of amides is 2. The Labute approximate surface area is 157 Å². The first-order chi connectivity index (χ1) is 12.7. The highest BCUT2D eigenvalue weighted by Crippen LogP contribution is 2.18. The highest BCUT2D eigenvalue weighted by atomic mass is 35.5. The fourth-order valence-corrected chi connectivity index (χ4v) is 2.52. The van der Waals surface area contributed by atoms with Crippen molar-refractivity contribution < 1.29 is 9.53 Å². The molecular weight excluding hydrogens is 348 g/mol. The smallest absolute Gasteiger partial charge is 0.319 e. The van der Waals surface area contributed by atoms with Crippen molar-refractivity contribution in [1.82, 2.24) is 5.32 Å². The van der Waals surface area contributed by atoms with Gasteiger partial charge in [-0.1, -0.05) is 60.1 Å². The van der Waals surface area contributed by atoms with E-state index in [4.69, 9.17) is 16.3 Å². The second-order valence-corrected chi connectivity index (χ2v) is 6.13. The molecule has 5 heteroatoms. The highest BCUT2D eigenvalue weighted by molar-refractivity contribution is 6.30. The number of para-hydroxylation sites is 2. The van der Waals surface area contributed by atoms with E-state index in [2.05, 4.69) is 10.6 Å². The fourth-order valence-electron chi connectivity index (χ4n) is 2.40. The Kier molecular flexibility index (Phi) is 6.12. The summed E-state index contributed by atoms with van der Waals surface area (Å²) in [6.45, 7) is 0.795. The van der Waals surface area contributed by atoms with Gasteiger partial charge in [-0.15, -0.1) is 0 Å². The molecule has 0 aliphatic heterocycles. The summed E-state index contributed by atoms with van der Waals surface area (Å²) in [6.07, 6.45) is 0. The molecule has 0 atom stereocenters. The van der Waals surface area contributed by atoms with Crippen LogP contribution in [0, 0.1) is 0 Å². The maximum atomic E-state index is 12.2. The molecule has 0 heterocycles. The molecule has 132 valence electrons. The molecule has 0 radical (unpaired) electrons. The molecule has 0 fully saturated rings. The van der Waals surface area contributed by atoms with Crippen molar-refractivity contribution in [3.63, 3.8) is 0 Å². The summed E-state index contributed by atoms with van der Waals surface area (Å²) in [5, 5.41) is 6.38. The van der Waals surface area contributed by atoms with Crippen LogP contribution in [0.1, 0.15) is 11.1 Å². The lowest BCUT2D eigenvalue weighted by molar-refractivity contribution is 0.251. The van der Waals surface area contributed by atoms with Gasteiger partial charge in [-0.25, -0.2) is 4.79 Å². The third kappa shape index (κ3) is 5.26. The second-order valence-electron chi connectivity index (χ2n) is 5.69. The van der Waals surface area contributed by atoms with Gasteiger partial charge in [0, 0.05) is 22.8 Å². The van der Waals surface area contributed by atoms with Crippen molar-refractivity contribution >= 4 is 23.3 Å². The zero-order chi connectivity index (χ0) is 18.2. The van der Waals surface area contributed by atoms with Gasteiger partial charge in [0.15, 0.2) is 0 Å². The molecule has 0 unspecified atom stereocenters. The molecule has 0 spiro atoms. The first-order valence-corrected chi connectivity index (χ1v) is 8.63. The number of hydrogen-bond acceptors (Lipinski definition) is 2. The molecular formula is C21H19ClN2O2. The van der Waals surface area contributed by atoms with Crippen LogP contribution in [0.25, 0.3) is 0 Å². The van der Waals surface area contributed by atoms with Crippen molar-refractivity contribution in [2.75, 3.05) is 5.32 Å². The molecule has 0 saturated carbocycles. The molecule has 3 rings (SSSR count). The SMILES string of the molecule is O=C(NCc1ccc(Cl)cc1)Nc1ccccc1COc1ccccc1. The standard InChI is InChI=1S/C21H19ClN2O2/c22-18-12-10-16(11-13-18)14-23-21(25)24-20-9-5-4-6-17(20)15-26-19-7-2-1-3-8-19/h1-13H,14-15H2,(H2,23,24,25). The van der Waals surface area contributed by atoms with Crippen LogP contribution in [0.3, 0.4) is 0 Å². The Morgan fingerprint density at radius 3 is 2.35 bits per heavy atom. The molecule has 0 bridgehead atoms. The normalized spacial score (nSPS) is 10.2. The van der Waals surface area contributed by atoms with Gasteiger partial charge < -0.3 is 15.4 Å². The average Bonchev–Trinajstić information content (AvgIpc) is 2.68. The van der Waals surface area contributed by atoms with Crippen LogP contribution in [0.15, 0.2) is 78.9 Å². The van der Waals surface area contributed by atoms with Gasteiger partial charge in [-0.05, 0) is 35.9 Å². The number of carbonyl (C=O) groups excluding carboxylic acids is 1. The van der Waals surface area contributed by atoms with Crippen LogP contribution in [0.5, 0.6) is 5.75 Å². The van der Waals surface area contributed by atoms with E-state index in [1.807, 2.05) is 66.7 Å². The zero-order valence-corrected chi connectivity index (χ0v) is 14.9. The van der Waals surface area contributed by atoms with Crippen LogP contribution in [-0.4, -0.2) is 6.03 Å². The number of urea groups is 1. The van der Waals surface area contributed by atoms with Crippen molar-refractivity contribution in [3.05, 3.63) is 95.0 Å². The molecule has 0 saturated heterocycles. The van der Waals surface area contributed by atoms with E-state index in [0.29, 0.717) is 18.2 Å². The Morgan fingerprint density at radius 1 is 0.885 bits per heavy atom. The summed E-state index contributed by atoms with van der Waals surface area (Å²) in [5.41, 5.74) is 2.60. The quantitative estimate of drug-likeness (QED) is 0.626. The zero-order valence-electron chi connectivity index (χ0n) is 14.1. The van der Waals surface area contributed by atoms with Crippen molar-refractivity contribution in [2.24, 2.45) is 0 Å². The third-order valence-corrected chi connectivity index (χ3v) is 4.02. The molecule has 0 aliphatic carbocycles. The maximum absolute atomic E-state index is 12.2. The fraction of sp³-hybridized carbons (Fsp3) is 0.0952. The van der Waals surface area contributed by atoms with E-state index in [-0.39, 0.29) is 6.03 Å². The number of hydrogen-bond donors (Lipinski definition) is 2. The summed E-state index contributed by atoms with van der Waals surface area (Å²) in [7, 11) is 0. The van der Waals surface area contributed by atoms with E-state index in [1.54, 1.807) is 12.1 Å². The minimum absolute atomic E-state index is 0.271. The van der Waals surface area contributed by atoms with Gasteiger partial charge in [0.25, 0.3) is 0 Å². The highest BCUT2D eigenvalue weighted by Gasteiger charge is 2.07. The monoisotopic (exact) mass is 366 g/mol. The summed E-state index contributed by atoms with van der Waals surface area (Å²) >= 11 is 5.86. The number of anilines is 1. The molecule has 3 aromatic carbocycles. The Balaban J connectivity index is 1.56. The van der Waals surface area contributed by atoms with Gasteiger partial charge in [0.2, 0.25) is 0 Å². The van der Waals surface area contributed by atoms with Gasteiger partial charge in [0.1, 0.15) is 12.4 Å². The van der Waals surface area contributed by atoms with Crippen LogP contribution in [0.4, 0.5) is 10.5 Å². The molecule has 2 amide bonds. The average molecular weight is 367 g/mol. The summed E-state index contributed by atoms with van der Waals surface area (Å²) in [6, 6.07) is 24.2. The molecule has 0 aliphatic rings. The molecule has 0 aromatic heterocycles. The number of halogens is 1. The molecule has 4 nitrogen and oxygen atoms in total. The number of nitrogens with one attached hydrogen (secondary N) is 2.